The summed E-state index contributed by atoms with van der Waals surface area (Å²) in [6, 6.07) is 9.17. The van der Waals surface area contributed by atoms with Gasteiger partial charge in [-0.25, -0.2) is 4.98 Å². The van der Waals surface area contributed by atoms with E-state index in [0.717, 1.165) is 15.7 Å². The lowest BCUT2D eigenvalue weighted by atomic mass is 10.1. The molecule has 1 amide bonds. The molecule has 1 aromatic carbocycles. The second kappa shape index (κ2) is 6.48. The molecule has 22 heavy (non-hydrogen) atoms. The summed E-state index contributed by atoms with van der Waals surface area (Å²) in [5.74, 6) is 0.535. The monoisotopic (exact) mass is 361 g/mol. The lowest BCUT2D eigenvalue weighted by molar-refractivity contribution is 0.102. The number of carbonyl (C=O) groups excluding carboxylic acids is 1. The molecule has 2 N–H and O–H groups in total. The average Bonchev–Trinajstić information content (AvgIpc) is 2.41. The minimum Gasteiger partial charge on any atom is -0.365 e. The van der Waals surface area contributed by atoms with Crippen LogP contribution < -0.4 is 10.6 Å². The van der Waals surface area contributed by atoms with E-state index in [1.54, 1.807) is 18.3 Å². The number of hydrogen-bond acceptors (Lipinski definition) is 3. The molecule has 2 aromatic rings. The van der Waals surface area contributed by atoms with Gasteiger partial charge in [-0.05, 0) is 63.6 Å². The van der Waals surface area contributed by atoms with E-state index in [0.29, 0.717) is 11.4 Å². The number of halogens is 1. The van der Waals surface area contributed by atoms with Crippen LogP contribution in [-0.2, 0) is 0 Å². The number of aromatic nitrogens is 1. The highest BCUT2D eigenvalue weighted by molar-refractivity contribution is 9.10. The predicted octanol–water partition coefficient (Wildman–Crippen LogP) is 4.62. The van der Waals surface area contributed by atoms with Gasteiger partial charge in [-0.3, -0.25) is 4.79 Å². The quantitative estimate of drug-likeness (QED) is 0.838. The molecule has 0 aliphatic rings. The van der Waals surface area contributed by atoms with Crippen molar-refractivity contribution in [3.63, 3.8) is 0 Å². The first kappa shape index (κ1) is 16.5. The van der Waals surface area contributed by atoms with Crippen molar-refractivity contribution in [3.05, 3.63) is 52.1 Å². The summed E-state index contributed by atoms with van der Waals surface area (Å²) in [5.41, 5.74) is 2.31. The summed E-state index contributed by atoms with van der Waals surface area (Å²) in [6.45, 7) is 8.13. The zero-order valence-corrected chi connectivity index (χ0v) is 14.8. The number of rotatable bonds is 3. The Balaban J connectivity index is 2.15. The number of hydrogen-bond donors (Lipinski definition) is 2. The van der Waals surface area contributed by atoms with Crippen molar-refractivity contribution in [1.82, 2.24) is 4.98 Å². The Morgan fingerprint density at radius 3 is 2.55 bits per heavy atom. The summed E-state index contributed by atoms with van der Waals surface area (Å²) in [4.78, 5) is 16.6. The van der Waals surface area contributed by atoms with E-state index < -0.39 is 0 Å². The van der Waals surface area contributed by atoms with Crippen LogP contribution in [0.15, 0.2) is 41.0 Å². The van der Waals surface area contributed by atoms with Gasteiger partial charge < -0.3 is 10.6 Å². The molecule has 0 unspecified atom stereocenters. The Kier molecular flexibility index (Phi) is 4.86. The fourth-order valence-corrected chi connectivity index (χ4v) is 2.20. The minimum absolute atomic E-state index is 0.106. The molecule has 2 rings (SSSR count). The SMILES string of the molecule is Cc1cc(NC(=O)c2ccnc(NC(C)(C)C)c2)ccc1Br. The molecule has 0 aliphatic carbocycles. The van der Waals surface area contributed by atoms with Crippen LogP contribution in [0.4, 0.5) is 11.5 Å². The number of carbonyl (C=O) groups is 1. The Hall–Kier alpha value is -1.88. The van der Waals surface area contributed by atoms with E-state index in [2.05, 4.69) is 31.5 Å². The van der Waals surface area contributed by atoms with Crippen LogP contribution in [0, 0.1) is 6.92 Å². The third-order valence-electron chi connectivity index (χ3n) is 2.94. The largest absolute Gasteiger partial charge is 0.365 e. The molecule has 0 bridgehead atoms. The fraction of sp³-hybridized carbons (Fsp3) is 0.294. The Labute approximate surface area is 139 Å². The van der Waals surface area contributed by atoms with Crippen LogP contribution in [-0.4, -0.2) is 16.4 Å². The minimum atomic E-state index is -0.152. The van der Waals surface area contributed by atoms with E-state index in [1.165, 1.54) is 0 Å². The van der Waals surface area contributed by atoms with Crippen LogP contribution in [0.5, 0.6) is 0 Å². The van der Waals surface area contributed by atoms with Gasteiger partial charge in [0.25, 0.3) is 5.91 Å². The first-order valence-corrected chi connectivity index (χ1v) is 7.86. The first-order valence-electron chi connectivity index (χ1n) is 7.06. The highest BCUT2D eigenvalue weighted by Crippen LogP contribution is 2.21. The predicted molar refractivity (Wildman–Crippen MR) is 94.4 cm³/mol. The van der Waals surface area contributed by atoms with Gasteiger partial charge in [0.15, 0.2) is 0 Å². The van der Waals surface area contributed by atoms with Crippen molar-refractivity contribution < 1.29 is 4.79 Å². The van der Waals surface area contributed by atoms with Gasteiger partial charge in [0.05, 0.1) is 0 Å². The van der Waals surface area contributed by atoms with Gasteiger partial charge in [0, 0.05) is 27.5 Å². The topological polar surface area (TPSA) is 54.0 Å². The van der Waals surface area contributed by atoms with Crippen LogP contribution in [0.25, 0.3) is 0 Å². The van der Waals surface area contributed by atoms with Gasteiger partial charge in [-0.15, -0.1) is 0 Å². The van der Waals surface area contributed by atoms with Crippen molar-refractivity contribution in [2.75, 3.05) is 10.6 Å². The number of nitrogens with zero attached hydrogens (tertiary/aromatic N) is 1. The van der Waals surface area contributed by atoms with E-state index in [1.807, 2.05) is 45.9 Å². The van der Waals surface area contributed by atoms with Crippen molar-refractivity contribution >= 4 is 33.3 Å². The number of anilines is 2. The number of nitrogens with one attached hydrogen (secondary N) is 2. The molecule has 0 saturated carbocycles. The Bertz CT molecular complexity index is 693. The van der Waals surface area contributed by atoms with Crippen molar-refractivity contribution in [3.8, 4) is 0 Å². The second-order valence-electron chi connectivity index (χ2n) is 6.22. The molecule has 116 valence electrons. The highest BCUT2D eigenvalue weighted by atomic mass is 79.9. The van der Waals surface area contributed by atoms with Crippen LogP contribution >= 0.6 is 15.9 Å². The summed E-state index contributed by atoms with van der Waals surface area (Å²) in [6.07, 6.45) is 1.63. The van der Waals surface area contributed by atoms with Crippen LogP contribution in [0.2, 0.25) is 0 Å². The smallest absolute Gasteiger partial charge is 0.255 e. The van der Waals surface area contributed by atoms with Crippen LogP contribution in [0.1, 0.15) is 36.7 Å². The van der Waals surface area contributed by atoms with Crippen molar-refractivity contribution in [2.24, 2.45) is 0 Å². The van der Waals surface area contributed by atoms with E-state index >= 15 is 0 Å². The fourth-order valence-electron chi connectivity index (χ4n) is 1.95. The molecule has 0 fully saturated rings. The number of pyridine rings is 1. The summed E-state index contributed by atoms with van der Waals surface area (Å²) >= 11 is 3.45. The molecule has 4 nitrogen and oxygen atoms in total. The third kappa shape index (κ3) is 4.56. The highest BCUT2D eigenvalue weighted by Gasteiger charge is 2.12. The molecule has 1 aromatic heterocycles. The molecule has 0 atom stereocenters. The summed E-state index contributed by atoms with van der Waals surface area (Å²) in [5, 5.41) is 6.16. The Morgan fingerprint density at radius 2 is 1.91 bits per heavy atom. The standard InChI is InChI=1S/C17H20BrN3O/c1-11-9-13(5-6-14(11)18)20-16(22)12-7-8-19-15(10-12)21-17(2,3)4/h5-10H,1-4H3,(H,19,21)(H,20,22). The van der Waals surface area contributed by atoms with E-state index in [-0.39, 0.29) is 11.4 Å². The summed E-state index contributed by atoms with van der Waals surface area (Å²) in [7, 11) is 0. The maximum atomic E-state index is 12.3. The molecule has 1 heterocycles. The number of benzene rings is 1. The first-order chi connectivity index (χ1) is 10.2. The molecular formula is C17H20BrN3O. The number of aryl methyl sites for hydroxylation is 1. The Morgan fingerprint density at radius 1 is 1.18 bits per heavy atom. The van der Waals surface area contributed by atoms with Gasteiger partial charge in [-0.1, -0.05) is 15.9 Å². The molecule has 0 radical (unpaired) electrons. The third-order valence-corrected chi connectivity index (χ3v) is 3.83. The van der Waals surface area contributed by atoms with Crippen LogP contribution in [0.3, 0.4) is 0 Å². The lowest BCUT2D eigenvalue weighted by Gasteiger charge is -2.21. The molecular weight excluding hydrogens is 342 g/mol. The molecule has 5 heteroatoms. The van der Waals surface area contributed by atoms with Crippen molar-refractivity contribution in [2.45, 2.75) is 33.2 Å². The lowest BCUT2D eigenvalue weighted by Crippen LogP contribution is -2.27. The molecule has 0 aliphatic heterocycles. The zero-order valence-electron chi connectivity index (χ0n) is 13.2. The van der Waals surface area contributed by atoms with Gasteiger partial charge >= 0.3 is 0 Å². The van der Waals surface area contributed by atoms with Crippen molar-refractivity contribution in [1.29, 1.82) is 0 Å². The van der Waals surface area contributed by atoms with Gasteiger partial charge in [-0.2, -0.15) is 0 Å². The maximum Gasteiger partial charge on any atom is 0.255 e. The normalized spacial score (nSPS) is 11.1. The molecule has 0 saturated heterocycles. The van der Waals surface area contributed by atoms with E-state index in [4.69, 9.17) is 0 Å². The van der Waals surface area contributed by atoms with E-state index in [9.17, 15) is 4.79 Å². The van der Waals surface area contributed by atoms with Gasteiger partial charge in [0.1, 0.15) is 5.82 Å². The molecule has 0 spiro atoms. The van der Waals surface area contributed by atoms with Gasteiger partial charge in [0.2, 0.25) is 0 Å². The number of amides is 1. The average molecular weight is 362 g/mol. The zero-order chi connectivity index (χ0) is 16.3. The maximum absolute atomic E-state index is 12.3. The second-order valence-corrected chi connectivity index (χ2v) is 7.08. The summed E-state index contributed by atoms with van der Waals surface area (Å²) < 4.78 is 1.02.